The number of aromatic nitrogens is 2. The van der Waals surface area contributed by atoms with E-state index in [2.05, 4.69) is 5.10 Å². The van der Waals surface area contributed by atoms with Crippen LogP contribution in [0.1, 0.15) is 21.6 Å². The highest BCUT2D eigenvalue weighted by Crippen LogP contribution is 2.28. The number of fused-ring (bicyclic) bond motifs is 1. The summed E-state index contributed by atoms with van der Waals surface area (Å²) in [7, 11) is 1.68. The monoisotopic (exact) mass is 402 g/mol. The molecule has 0 unspecified atom stereocenters. The average molecular weight is 402 g/mol. The van der Waals surface area contributed by atoms with E-state index in [1.165, 1.54) is 17.0 Å². The van der Waals surface area contributed by atoms with Crippen molar-refractivity contribution in [1.82, 2.24) is 14.7 Å². The van der Waals surface area contributed by atoms with Crippen LogP contribution in [0.4, 0.5) is 5.69 Å². The van der Waals surface area contributed by atoms with Crippen molar-refractivity contribution in [2.75, 3.05) is 18.5 Å². The number of carbonyl (C=O) groups excluding carboxylic acids is 2. The summed E-state index contributed by atoms with van der Waals surface area (Å²) >= 11 is 0. The molecule has 3 aromatic rings. The van der Waals surface area contributed by atoms with E-state index >= 15 is 0 Å². The molecule has 0 fully saturated rings. The first kappa shape index (κ1) is 19.6. The van der Waals surface area contributed by atoms with Crippen molar-refractivity contribution in [1.29, 1.82) is 0 Å². The lowest BCUT2D eigenvalue weighted by Crippen LogP contribution is -2.36. The highest BCUT2D eigenvalue weighted by Gasteiger charge is 2.26. The van der Waals surface area contributed by atoms with E-state index in [0.717, 1.165) is 27.9 Å². The van der Waals surface area contributed by atoms with Gasteiger partial charge in [0.25, 0.3) is 11.5 Å². The van der Waals surface area contributed by atoms with E-state index in [0.29, 0.717) is 13.1 Å². The Bertz CT molecular complexity index is 1140. The number of nitrogens with zero attached hydrogens (tertiary/aromatic N) is 4. The van der Waals surface area contributed by atoms with Crippen LogP contribution in [0.25, 0.3) is 0 Å². The van der Waals surface area contributed by atoms with Crippen molar-refractivity contribution in [3.05, 3.63) is 93.9 Å². The van der Waals surface area contributed by atoms with E-state index < -0.39 is 5.56 Å². The number of para-hydroxylation sites is 1. The summed E-state index contributed by atoms with van der Waals surface area (Å²) in [6.45, 7) is 0.773. The van der Waals surface area contributed by atoms with Crippen LogP contribution < -0.4 is 10.5 Å². The number of carbonyl (C=O) groups is 2. The second-order valence-corrected chi connectivity index (χ2v) is 7.29. The predicted octanol–water partition coefficient (Wildman–Crippen LogP) is 2.10. The Balaban J connectivity index is 1.50. The number of benzene rings is 2. The van der Waals surface area contributed by atoms with E-state index in [1.807, 2.05) is 54.6 Å². The van der Waals surface area contributed by atoms with Crippen LogP contribution in [0.2, 0.25) is 0 Å². The largest absolute Gasteiger partial charge is 0.340 e. The van der Waals surface area contributed by atoms with E-state index in [9.17, 15) is 14.4 Å². The van der Waals surface area contributed by atoms with Gasteiger partial charge < -0.3 is 9.80 Å². The molecule has 30 heavy (non-hydrogen) atoms. The Morgan fingerprint density at radius 2 is 1.73 bits per heavy atom. The first-order valence-electron chi connectivity index (χ1n) is 9.79. The molecule has 1 aromatic heterocycles. The molecule has 0 atom stereocenters. The van der Waals surface area contributed by atoms with Gasteiger partial charge >= 0.3 is 0 Å². The quantitative estimate of drug-likeness (QED) is 0.655. The Morgan fingerprint density at radius 1 is 1.00 bits per heavy atom. The molecule has 2 aromatic carbocycles. The normalized spacial score (nSPS) is 12.5. The van der Waals surface area contributed by atoms with Gasteiger partial charge in [-0.25, -0.2) is 4.68 Å². The Labute approximate surface area is 174 Å². The first-order valence-corrected chi connectivity index (χ1v) is 9.79. The van der Waals surface area contributed by atoms with Gasteiger partial charge in [0.15, 0.2) is 0 Å². The fraction of sp³-hybridized carbons (Fsp3) is 0.217. The van der Waals surface area contributed by atoms with Crippen LogP contribution in [0, 0.1) is 0 Å². The molecule has 2 amide bonds. The lowest BCUT2D eigenvalue weighted by atomic mass is 10.2. The van der Waals surface area contributed by atoms with Crippen molar-refractivity contribution < 1.29 is 9.59 Å². The van der Waals surface area contributed by atoms with Crippen molar-refractivity contribution >= 4 is 17.5 Å². The van der Waals surface area contributed by atoms with Crippen molar-refractivity contribution in [2.45, 2.75) is 19.5 Å². The van der Waals surface area contributed by atoms with Gasteiger partial charge in [0.1, 0.15) is 12.2 Å². The number of hydrogen-bond donors (Lipinski definition) is 0. The predicted molar refractivity (Wildman–Crippen MR) is 113 cm³/mol. The summed E-state index contributed by atoms with van der Waals surface area (Å²) in [4.78, 5) is 41.0. The number of hydrogen-bond acceptors (Lipinski definition) is 4. The number of likely N-dealkylation sites (N-methyl/N-ethyl adjacent to an activating group) is 1. The zero-order chi connectivity index (χ0) is 21.1. The number of anilines is 1. The molecule has 0 saturated carbocycles. The molecule has 0 bridgehead atoms. The standard InChI is InChI=1S/C23H22N4O3/c1-25(15-17-7-3-2-4-8-17)22(29)16-27-21(28)12-11-19(24-27)23(30)26-14-13-18-9-5-6-10-20(18)26/h2-12H,13-16H2,1H3. The molecule has 0 radical (unpaired) electrons. The zero-order valence-electron chi connectivity index (χ0n) is 16.7. The molecule has 2 heterocycles. The maximum Gasteiger partial charge on any atom is 0.278 e. The van der Waals surface area contributed by atoms with Gasteiger partial charge in [-0.2, -0.15) is 5.10 Å². The van der Waals surface area contributed by atoms with Crippen LogP contribution in [0.15, 0.2) is 71.5 Å². The lowest BCUT2D eigenvalue weighted by molar-refractivity contribution is -0.131. The molecule has 0 aliphatic carbocycles. The van der Waals surface area contributed by atoms with E-state index in [-0.39, 0.29) is 24.1 Å². The van der Waals surface area contributed by atoms with Crippen LogP contribution in [0.3, 0.4) is 0 Å². The average Bonchev–Trinajstić information content (AvgIpc) is 3.19. The molecule has 152 valence electrons. The highest BCUT2D eigenvalue weighted by atomic mass is 16.2. The number of amides is 2. The van der Waals surface area contributed by atoms with Gasteiger partial charge in [0.2, 0.25) is 5.91 Å². The summed E-state index contributed by atoms with van der Waals surface area (Å²) in [5, 5.41) is 4.18. The van der Waals surface area contributed by atoms with Crippen LogP contribution >= 0.6 is 0 Å². The first-order chi connectivity index (χ1) is 14.5. The fourth-order valence-corrected chi connectivity index (χ4v) is 3.56. The highest BCUT2D eigenvalue weighted by molar-refractivity contribution is 6.05. The lowest BCUT2D eigenvalue weighted by Gasteiger charge is -2.19. The van der Waals surface area contributed by atoms with E-state index in [1.54, 1.807) is 11.9 Å². The van der Waals surface area contributed by atoms with Gasteiger partial charge in [-0.05, 0) is 29.7 Å². The fourth-order valence-electron chi connectivity index (χ4n) is 3.56. The van der Waals surface area contributed by atoms with Crippen molar-refractivity contribution in [3.8, 4) is 0 Å². The molecular formula is C23H22N4O3. The molecule has 4 rings (SSSR count). The van der Waals surface area contributed by atoms with Crippen molar-refractivity contribution in [2.24, 2.45) is 0 Å². The van der Waals surface area contributed by atoms with Crippen LogP contribution in [-0.2, 0) is 24.3 Å². The van der Waals surface area contributed by atoms with Crippen LogP contribution in [0.5, 0.6) is 0 Å². The SMILES string of the molecule is CN(Cc1ccccc1)C(=O)Cn1nc(C(=O)N2CCc3ccccc32)ccc1=O. The van der Waals surface area contributed by atoms with Gasteiger partial charge in [0.05, 0.1) is 0 Å². The minimum absolute atomic E-state index is 0.143. The second-order valence-electron chi connectivity index (χ2n) is 7.29. The summed E-state index contributed by atoms with van der Waals surface area (Å²) in [6.07, 6.45) is 0.782. The Hall–Kier alpha value is -3.74. The summed E-state index contributed by atoms with van der Waals surface area (Å²) in [6, 6.07) is 20.0. The smallest absolute Gasteiger partial charge is 0.278 e. The molecular weight excluding hydrogens is 380 g/mol. The molecule has 0 spiro atoms. The molecule has 0 N–H and O–H groups in total. The molecule has 1 aliphatic heterocycles. The van der Waals surface area contributed by atoms with Crippen LogP contribution in [-0.4, -0.2) is 40.1 Å². The minimum atomic E-state index is -0.421. The third-order valence-corrected chi connectivity index (χ3v) is 5.19. The summed E-state index contributed by atoms with van der Waals surface area (Å²) < 4.78 is 1.05. The van der Waals surface area contributed by atoms with Crippen molar-refractivity contribution in [3.63, 3.8) is 0 Å². The number of rotatable bonds is 5. The summed E-state index contributed by atoms with van der Waals surface area (Å²) in [5.74, 6) is -0.539. The summed E-state index contributed by atoms with van der Waals surface area (Å²) in [5.41, 5.74) is 2.68. The topological polar surface area (TPSA) is 75.5 Å². The maximum absolute atomic E-state index is 13.0. The van der Waals surface area contributed by atoms with Gasteiger partial charge in [-0.3, -0.25) is 14.4 Å². The third kappa shape index (κ3) is 4.00. The van der Waals surface area contributed by atoms with Gasteiger partial charge in [-0.1, -0.05) is 48.5 Å². The Morgan fingerprint density at radius 3 is 2.53 bits per heavy atom. The second kappa shape index (κ2) is 8.32. The molecule has 1 aliphatic rings. The zero-order valence-corrected chi connectivity index (χ0v) is 16.7. The molecule has 0 saturated heterocycles. The third-order valence-electron chi connectivity index (χ3n) is 5.19. The van der Waals surface area contributed by atoms with Gasteiger partial charge in [0, 0.05) is 31.9 Å². The van der Waals surface area contributed by atoms with E-state index in [4.69, 9.17) is 0 Å². The maximum atomic E-state index is 13.0. The molecule has 7 heteroatoms. The Kier molecular flexibility index (Phi) is 5.43. The van der Waals surface area contributed by atoms with Gasteiger partial charge in [-0.15, -0.1) is 0 Å². The minimum Gasteiger partial charge on any atom is -0.340 e. The molecule has 7 nitrogen and oxygen atoms in total.